The highest BCUT2D eigenvalue weighted by molar-refractivity contribution is 7.88. The molecule has 0 saturated heterocycles. The Morgan fingerprint density at radius 3 is 2.78 bits per heavy atom. The molecule has 0 unspecified atom stereocenters. The number of hydrogen-bond donors (Lipinski definition) is 0. The molecule has 1 aliphatic carbocycles. The van der Waals surface area contributed by atoms with E-state index in [2.05, 4.69) is 6.58 Å². The summed E-state index contributed by atoms with van der Waals surface area (Å²) >= 11 is 5.78. The standard InChI is InChI=1S/C13H16ClNO2S/c1-10(14)9-15(18(2,16)17)13-8-7-11-5-3-4-6-12(11)13/h3-6,13H,1,7-9H2,2H3/t13-/m0/s1. The van der Waals surface area contributed by atoms with E-state index in [-0.39, 0.29) is 12.6 Å². The number of aryl methyl sites for hydroxylation is 1. The summed E-state index contributed by atoms with van der Waals surface area (Å²) in [5, 5.41) is 0.338. The fourth-order valence-corrected chi connectivity index (χ4v) is 3.73. The van der Waals surface area contributed by atoms with E-state index in [4.69, 9.17) is 11.6 Å². The minimum absolute atomic E-state index is 0.119. The second-order valence-electron chi connectivity index (χ2n) is 4.58. The average Bonchev–Trinajstić information content (AvgIpc) is 2.67. The first-order valence-corrected chi connectivity index (χ1v) is 8.00. The van der Waals surface area contributed by atoms with Gasteiger partial charge in [-0.15, -0.1) is 0 Å². The van der Waals surface area contributed by atoms with E-state index < -0.39 is 10.0 Å². The van der Waals surface area contributed by atoms with Crippen molar-refractivity contribution in [3.63, 3.8) is 0 Å². The van der Waals surface area contributed by atoms with Gasteiger partial charge in [0.15, 0.2) is 0 Å². The first kappa shape index (κ1) is 13.6. The Labute approximate surface area is 113 Å². The highest BCUT2D eigenvalue weighted by Crippen LogP contribution is 2.37. The number of fused-ring (bicyclic) bond motifs is 1. The van der Waals surface area contributed by atoms with Crippen LogP contribution in [0.25, 0.3) is 0 Å². The fourth-order valence-electron chi connectivity index (χ4n) is 2.46. The molecule has 5 heteroatoms. The summed E-state index contributed by atoms with van der Waals surface area (Å²) in [5.74, 6) is 0. The Kier molecular flexibility index (Phi) is 3.80. The molecule has 0 spiro atoms. The van der Waals surface area contributed by atoms with E-state index in [0.717, 1.165) is 18.4 Å². The number of nitrogens with zero attached hydrogens (tertiary/aromatic N) is 1. The second-order valence-corrected chi connectivity index (χ2v) is 7.05. The largest absolute Gasteiger partial charge is 0.212 e. The Morgan fingerprint density at radius 1 is 1.50 bits per heavy atom. The van der Waals surface area contributed by atoms with Crippen LogP contribution in [0.2, 0.25) is 0 Å². The highest BCUT2D eigenvalue weighted by atomic mass is 35.5. The minimum Gasteiger partial charge on any atom is -0.212 e. The van der Waals surface area contributed by atoms with Crippen molar-refractivity contribution in [1.82, 2.24) is 4.31 Å². The molecule has 0 aromatic heterocycles. The van der Waals surface area contributed by atoms with Gasteiger partial charge in [0.25, 0.3) is 0 Å². The van der Waals surface area contributed by atoms with E-state index >= 15 is 0 Å². The molecule has 0 heterocycles. The summed E-state index contributed by atoms with van der Waals surface area (Å²) in [7, 11) is -3.30. The smallest absolute Gasteiger partial charge is 0.212 e. The van der Waals surface area contributed by atoms with Gasteiger partial charge in [-0.3, -0.25) is 0 Å². The summed E-state index contributed by atoms with van der Waals surface area (Å²) in [4.78, 5) is 0. The van der Waals surface area contributed by atoms with E-state index in [1.54, 1.807) is 0 Å². The summed E-state index contributed by atoms with van der Waals surface area (Å²) in [6.45, 7) is 3.76. The SMILES string of the molecule is C=C(Cl)CN([C@H]1CCc2ccccc21)S(C)(=O)=O. The molecular weight excluding hydrogens is 270 g/mol. The molecule has 1 aromatic rings. The van der Waals surface area contributed by atoms with Crippen LogP contribution in [-0.2, 0) is 16.4 Å². The van der Waals surface area contributed by atoms with Gasteiger partial charge in [-0.05, 0) is 24.0 Å². The number of benzene rings is 1. The molecule has 3 nitrogen and oxygen atoms in total. The fraction of sp³-hybridized carbons (Fsp3) is 0.385. The first-order chi connectivity index (χ1) is 8.39. The van der Waals surface area contributed by atoms with Gasteiger partial charge in [0.2, 0.25) is 10.0 Å². The summed E-state index contributed by atoms with van der Waals surface area (Å²) in [6, 6.07) is 7.83. The lowest BCUT2D eigenvalue weighted by Gasteiger charge is -2.26. The predicted octanol–water partition coefficient (Wildman–Crippen LogP) is 2.69. The monoisotopic (exact) mass is 285 g/mol. The maximum absolute atomic E-state index is 11.9. The predicted molar refractivity (Wildman–Crippen MR) is 74.0 cm³/mol. The first-order valence-electron chi connectivity index (χ1n) is 5.77. The van der Waals surface area contributed by atoms with Crippen LogP contribution in [-0.4, -0.2) is 25.5 Å². The molecule has 0 aliphatic heterocycles. The number of hydrogen-bond acceptors (Lipinski definition) is 2. The average molecular weight is 286 g/mol. The van der Waals surface area contributed by atoms with Crippen LogP contribution in [0.4, 0.5) is 0 Å². The third-order valence-corrected chi connectivity index (χ3v) is 4.56. The maximum atomic E-state index is 11.9. The lowest BCUT2D eigenvalue weighted by molar-refractivity contribution is 0.349. The molecule has 0 fully saturated rings. The van der Waals surface area contributed by atoms with Crippen LogP contribution in [0.3, 0.4) is 0 Å². The van der Waals surface area contributed by atoms with E-state index in [0.29, 0.717) is 5.03 Å². The number of sulfonamides is 1. The zero-order valence-electron chi connectivity index (χ0n) is 10.3. The molecular formula is C13H16ClNO2S. The van der Waals surface area contributed by atoms with Crippen molar-refractivity contribution < 1.29 is 8.42 Å². The lowest BCUT2D eigenvalue weighted by Crippen LogP contribution is -2.34. The van der Waals surface area contributed by atoms with Gasteiger partial charge in [0.05, 0.1) is 12.3 Å². The van der Waals surface area contributed by atoms with Crippen LogP contribution in [0.15, 0.2) is 35.9 Å². The Balaban J connectivity index is 2.37. The molecule has 18 heavy (non-hydrogen) atoms. The Morgan fingerprint density at radius 2 is 2.17 bits per heavy atom. The van der Waals surface area contributed by atoms with Gasteiger partial charge in [-0.25, -0.2) is 8.42 Å². The summed E-state index contributed by atoms with van der Waals surface area (Å²) in [6.07, 6.45) is 2.92. The van der Waals surface area contributed by atoms with Gasteiger partial charge < -0.3 is 0 Å². The molecule has 0 amide bonds. The quantitative estimate of drug-likeness (QED) is 0.853. The number of halogens is 1. The summed E-state index contributed by atoms with van der Waals surface area (Å²) in [5.41, 5.74) is 2.30. The third kappa shape index (κ3) is 2.76. The van der Waals surface area contributed by atoms with E-state index in [1.807, 2.05) is 24.3 Å². The molecule has 0 N–H and O–H groups in total. The topological polar surface area (TPSA) is 37.4 Å². The van der Waals surface area contributed by atoms with Gasteiger partial charge >= 0.3 is 0 Å². The second kappa shape index (κ2) is 5.03. The molecule has 0 bridgehead atoms. The molecule has 1 aromatic carbocycles. The minimum atomic E-state index is -3.30. The molecule has 98 valence electrons. The maximum Gasteiger partial charge on any atom is 0.212 e. The zero-order valence-corrected chi connectivity index (χ0v) is 11.8. The lowest BCUT2D eigenvalue weighted by atomic mass is 10.1. The van der Waals surface area contributed by atoms with Crippen LogP contribution < -0.4 is 0 Å². The third-order valence-electron chi connectivity index (χ3n) is 3.20. The Hall–Kier alpha value is -0.840. The molecule has 0 saturated carbocycles. The van der Waals surface area contributed by atoms with Gasteiger partial charge in [-0.1, -0.05) is 42.4 Å². The van der Waals surface area contributed by atoms with Gasteiger partial charge in [0.1, 0.15) is 0 Å². The van der Waals surface area contributed by atoms with Crippen LogP contribution >= 0.6 is 11.6 Å². The van der Waals surface area contributed by atoms with Crippen molar-refractivity contribution >= 4 is 21.6 Å². The van der Waals surface area contributed by atoms with Crippen molar-refractivity contribution in [2.24, 2.45) is 0 Å². The zero-order chi connectivity index (χ0) is 13.3. The van der Waals surface area contributed by atoms with Crippen LogP contribution in [0, 0.1) is 0 Å². The Bertz CT molecular complexity index is 568. The van der Waals surface area contributed by atoms with Crippen molar-refractivity contribution in [3.05, 3.63) is 47.0 Å². The van der Waals surface area contributed by atoms with Crippen molar-refractivity contribution in [2.75, 3.05) is 12.8 Å². The van der Waals surface area contributed by atoms with Crippen molar-refractivity contribution in [3.8, 4) is 0 Å². The van der Waals surface area contributed by atoms with Crippen LogP contribution in [0.1, 0.15) is 23.6 Å². The van der Waals surface area contributed by atoms with E-state index in [1.165, 1.54) is 16.1 Å². The molecule has 2 rings (SSSR count). The van der Waals surface area contributed by atoms with Crippen molar-refractivity contribution in [1.29, 1.82) is 0 Å². The highest BCUT2D eigenvalue weighted by Gasteiger charge is 2.32. The molecule has 1 aliphatic rings. The summed E-state index contributed by atoms with van der Waals surface area (Å²) < 4.78 is 25.2. The molecule has 1 atom stereocenters. The van der Waals surface area contributed by atoms with Crippen LogP contribution in [0.5, 0.6) is 0 Å². The van der Waals surface area contributed by atoms with Gasteiger partial charge in [-0.2, -0.15) is 4.31 Å². The molecule has 0 radical (unpaired) electrons. The normalized spacial score (nSPS) is 18.9. The van der Waals surface area contributed by atoms with Crippen molar-refractivity contribution in [2.45, 2.75) is 18.9 Å². The van der Waals surface area contributed by atoms with E-state index in [9.17, 15) is 8.42 Å². The number of rotatable bonds is 4. The van der Waals surface area contributed by atoms with Gasteiger partial charge in [0, 0.05) is 11.6 Å².